The number of halogens is 2. The zero-order valence-electron chi connectivity index (χ0n) is 10.5. The molecule has 5 heteroatoms. The van der Waals surface area contributed by atoms with E-state index in [9.17, 15) is 13.6 Å². The molecule has 0 spiro atoms. The summed E-state index contributed by atoms with van der Waals surface area (Å²) < 4.78 is 31.0. The number of ether oxygens (including phenoxy) is 1. The summed E-state index contributed by atoms with van der Waals surface area (Å²) in [5.74, 6) is -2.54. The van der Waals surface area contributed by atoms with Gasteiger partial charge in [-0.2, -0.15) is 0 Å². The lowest BCUT2D eigenvalue weighted by Crippen LogP contribution is -2.01. The molecule has 2 aromatic rings. The summed E-state index contributed by atoms with van der Waals surface area (Å²) in [7, 11) is 0. The van der Waals surface area contributed by atoms with Gasteiger partial charge in [0, 0.05) is 6.07 Å². The molecule has 0 aliphatic rings. The van der Waals surface area contributed by atoms with Gasteiger partial charge in [0.05, 0.1) is 6.42 Å². The molecule has 0 unspecified atom stereocenters. The highest BCUT2D eigenvalue weighted by Gasteiger charge is 2.04. The van der Waals surface area contributed by atoms with E-state index in [1.807, 2.05) is 0 Å². The standard InChI is InChI=1S/C15H12F2O3/c16-13-6-5-12(8-14(13)17)20-9-11-3-1-10(2-4-11)7-15(18)19/h1-6,8H,7,9H2,(H,18,19). The minimum absolute atomic E-state index is 0.0374. The van der Waals surface area contributed by atoms with E-state index in [1.165, 1.54) is 6.07 Å². The maximum absolute atomic E-state index is 13.0. The lowest BCUT2D eigenvalue weighted by atomic mass is 10.1. The van der Waals surface area contributed by atoms with Gasteiger partial charge in [-0.25, -0.2) is 8.78 Å². The molecule has 0 saturated carbocycles. The van der Waals surface area contributed by atoms with Crippen molar-refractivity contribution in [1.29, 1.82) is 0 Å². The van der Waals surface area contributed by atoms with Crippen LogP contribution in [0.1, 0.15) is 11.1 Å². The largest absolute Gasteiger partial charge is 0.489 e. The monoisotopic (exact) mass is 278 g/mol. The predicted octanol–water partition coefficient (Wildman–Crippen LogP) is 3.17. The molecule has 104 valence electrons. The average Bonchev–Trinajstić information content (AvgIpc) is 2.41. The second-order valence-electron chi connectivity index (χ2n) is 4.25. The molecule has 0 radical (unpaired) electrons. The fourth-order valence-corrected chi connectivity index (χ4v) is 1.66. The topological polar surface area (TPSA) is 46.5 Å². The molecule has 2 rings (SSSR count). The van der Waals surface area contributed by atoms with E-state index in [-0.39, 0.29) is 18.8 Å². The number of benzene rings is 2. The van der Waals surface area contributed by atoms with Crippen LogP contribution in [0.4, 0.5) is 8.78 Å². The van der Waals surface area contributed by atoms with Gasteiger partial charge in [-0.3, -0.25) is 4.79 Å². The molecule has 0 saturated heterocycles. The van der Waals surface area contributed by atoms with Gasteiger partial charge in [0.2, 0.25) is 0 Å². The highest BCUT2D eigenvalue weighted by atomic mass is 19.2. The van der Waals surface area contributed by atoms with Crippen LogP contribution in [-0.2, 0) is 17.8 Å². The molecule has 20 heavy (non-hydrogen) atoms. The minimum atomic E-state index is -0.959. The van der Waals surface area contributed by atoms with Crippen LogP contribution in [0.5, 0.6) is 5.75 Å². The van der Waals surface area contributed by atoms with E-state index >= 15 is 0 Å². The number of hydrogen-bond acceptors (Lipinski definition) is 2. The van der Waals surface area contributed by atoms with E-state index in [0.29, 0.717) is 5.56 Å². The molecule has 1 N–H and O–H groups in total. The number of rotatable bonds is 5. The Morgan fingerprint density at radius 2 is 1.65 bits per heavy atom. The fourth-order valence-electron chi connectivity index (χ4n) is 1.66. The number of carboxylic acids is 1. The Kier molecular flexibility index (Phi) is 4.30. The van der Waals surface area contributed by atoms with Crippen molar-refractivity contribution in [2.24, 2.45) is 0 Å². The van der Waals surface area contributed by atoms with Crippen molar-refractivity contribution in [3.05, 3.63) is 65.2 Å². The van der Waals surface area contributed by atoms with E-state index in [1.54, 1.807) is 24.3 Å². The van der Waals surface area contributed by atoms with Crippen molar-refractivity contribution in [2.45, 2.75) is 13.0 Å². The summed E-state index contributed by atoms with van der Waals surface area (Å²) in [4.78, 5) is 10.5. The fraction of sp³-hybridized carbons (Fsp3) is 0.133. The van der Waals surface area contributed by atoms with Gasteiger partial charge in [-0.05, 0) is 23.3 Å². The summed E-state index contributed by atoms with van der Waals surface area (Å²) in [6.07, 6.45) is -0.0374. The normalized spacial score (nSPS) is 10.3. The zero-order chi connectivity index (χ0) is 14.5. The molecule has 0 aromatic heterocycles. The molecule has 0 aliphatic carbocycles. The maximum atomic E-state index is 13.0. The minimum Gasteiger partial charge on any atom is -0.489 e. The molecule has 2 aromatic carbocycles. The number of aliphatic carboxylic acids is 1. The molecular formula is C15H12F2O3. The van der Waals surface area contributed by atoms with Gasteiger partial charge in [-0.1, -0.05) is 24.3 Å². The zero-order valence-corrected chi connectivity index (χ0v) is 10.5. The van der Waals surface area contributed by atoms with E-state index < -0.39 is 17.6 Å². The summed E-state index contributed by atoms with van der Waals surface area (Å²) >= 11 is 0. The molecule has 0 heterocycles. The second kappa shape index (κ2) is 6.14. The van der Waals surface area contributed by atoms with Crippen molar-refractivity contribution in [3.8, 4) is 5.75 Å². The average molecular weight is 278 g/mol. The van der Waals surface area contributed by atoms with Crippen LogP contribution in [0.3, 0.4) is 0 Å². The molecule has 0 fully saturated rings. The third kappa shape index (κ3) is 3.78. The van der Waals surface area contributed by atoms with Crippen molar-refractivity contribution >= 4 is 5.97 Å². The van der Waals surface area contributed by atoms with Gasteiger partial charge in [0.25, 0.3) is 0 Å². The first-order chi connectivity index (χ1) is 9.54. The first-order valence-corrected chi connectivity index (χ1v) is 5.92. The van der Waals surface area contributed by atoms with Gasteiger partial charge in [-0.15, -0.1) is 0 Å². The van der Waals surface area contributed by atoms with E-state index in [4.69, 9.17) is 9.84 Å². The van der Waals surface area contributed by atoms with Crippen molar-refractivity contribution in [1.82, 2.24) is 0 Å². The number of hydrogen-bond donors (Lipinski definition) is 1. The molecule has 0 amide bonds. The first-order valence-electron chi connectivity index (χ1n) is 5.92. The smallest absolute Gasteiger partial charge is 0.307 e. The van der Waals surface area contributed by atoms with Gasteiger partial charge < -0.3 is 9.84 Å². The van der Waals surface area contributed by atoms with E-state index in [0.717, 1.165) is 17.7 Å². The van der Waals surface area contributed by atoms with E-state index in [2.05, 4.69) is 0 Å². The third-order valence-corrected chi connectivity index (χ3v) is 2.67. The lowest BCUT2D eigenvalue weighted by Gasteiger charge is -2.07. The summed E-state index contributed by atoms with van der Waals surface area (Å²) in [6, 6.07) is 10.2. The van der Waals surface area contributed by atoms with Crippen LogP contribution in [-0.4, -0.2) is 11.1 Å². The Bertz CT molecular complexity index is 609. The summed E-state index contributed by atoms with van der Waals surface area (Å²) in [5, 5.41) is 8.65. The van der Waals surface area contributed by atoms with Crippen LogP contribution in [0.25, 0.3) is 0 Å². The van der Waals surface area contributed by atoms with Gasteiger partial charge in [0.15, 0.2) is 11.6 Å². The van der Waals surface area contributed by atoms with Crippen molar-refractivity contribution < 1.29 is 23.4 Å². The van der Waals surface area contributed by atoms with Crippen LogP contribution in [0, 0.1) is 11.6 Å². The Morgan fingerprint density at radius 1 is 1.00 bits per heavy atom. The van der Waals surface area contributed by atoms with Crippen LogP contribution < -0.4 is 4.74 Å². The highest BCUT2D eigenvalue weighted by molar-refractivity contribution is 5.70. The van der Waals surface area contributed by atoms with Gasteiger partial charge >= 0.3 is 5.97 Å². The highest BCUT2D eigenvalue weighted by Crippen LogP contribution is 2.17. The first kappa shape index (κ1) is 14.0. The second-order valence-corrected chi connectivity index (χ2v) is 4.25. The lowest BCUT2D eigenvalue weighted by molar-refractivity contribution is -0.136. The molecule has 3 nitrogen and oxygen atoms in total. The third-order valence-electron chi connectivity index (χ3n) is 2.67. The number of carboxylic acid groups (broad SMARTS) is 1. The Labute approximate surface area is 114 Å². The van der Waals surface area contributed by atoms with Crippen LogP contribution in [0.15, 0.2) is 42.5 Å². The van der Waals surface area contributed by atoms with Crippen molar-refractivity contribution in [3.63, 3.8) is 0 Å². The Morgan fingerprint density at radius 3 is 2.25 bits per heavy atom. The molecular weight excluding hydrogens is 266 g/mol. The maximum Gasteiger partial charge on any atom is 0.307 e. The quantitative estimate of drug-likeness (QED) is 0.913. The van der Waals surface area contributed by atoms with Crippen molar-refractivity contribution in [2.75, 3.05) is 0 Å². The Balaban J connectivity index is 1.96. The summed E-state index contributed by atoms with van der Waals surface area (Å²) in [5.41, 5.74) is 1.50. The van der Waals surface area contributed by atoms with Gasteiger partial charge in [0.1, 0.15) is 12.4 Å². The number of carbonyl (C=O) groups is 1. The SMILES string of the molecule is O=C(O)Cc1ccc(COc2ccc(F)c(F)c2)cc1. The Hall–Kier alpha value is -2.43. The van der Waals surface area contributed by atoms with Crippen LogP contribution >= 0.6 is 0 Å². The predicted molar refractivity (Wildman–Crippen MR) is 68.5 cm³/mol. The summed E-state index contributed by atoms with van der Waals surface area (Å²) in [6.45, 7) is 0.193. The molecule has 0 aliphatic heterocycles. The molecule has 0 atom stereocenters. The molecule has 0 bridgehead atoms. The van der Waals surface area contributed by atoms with Crippen LogP contribution in [0.2, 0.25) is 0 Å².